The summed E-state index contributed by atoms with van der Waals surface area (Å²) in [5, 5.41) is 7.15. The maximum Gasteiger partial charge on any atom is 0.238 e. The van der Waals surface area contributed by atoms with E-state index in [0.29, 0.717) is 13.1 Å². The van der Waals surface area contributed by atoms with Crippen molar-refractivity contribution in [3.05, 3.63) is 59.1 Å². The molecule has 0 aromatic heterocycles. The monoisotopic (exact) mass is 570 g/mol. The second-order valence-electron chi connectivity index (χ2n) is 7.84. The number of hydrogen-bond donors (Lipinski definition) is 2. The molecule has 0 spiro atoms. The molecule has 0 atom stereocenters. The van der Waals surface area contributed by atoms with Gasteiger partial charge in [0.15, 0.2) is 5.96 Å². The van der Waals surface area contributed by atoms with Crippen molar-refractivity contribution < 1.29 is 4.79 Å². The molecule has 1 fully saturated rings. The van der Waals surface area contributed by atoms with Crippen molar-refractivity contribution in [2.75, 3.05) is 64.1 Å². The molecule has 0 saturated carbocycles. The van der Waals surface area contributed by atoms with Crippen LogP contribution in [0.15, 0.2) is 53.5 Å². The Hall–Kier alpha value is -2.04. The lowest BCUT2D eigenvalue weighted by atomic mass is 10.2. The average molecular weight is 571 g/mol. The number of amides is 1. The van der Waals surface area contributed by atoms with E-state index in [9.17, 15) is 4.79 Å². The number of benzene rings is 2. The fraction of sp³-hybridized carbons (Fsp3) is 0.391. The minimum atomic E-state index is -0.0245. The number of piperazine rings is 1. The minimum absolute atomic E-state index is 0. The maximum atomic E-state index is 12.0. The van der Waals surface area contributed by atoms with Crippen LogP contribution < -0.4 is 15.5 Å². The summed E-state index contributed by atoms with van der Waals surface area (Å²) < 4.78 is 0. The summed E-state index contributed by atoms with van der Waals surface area (Å²) in [5.41, 5.74) is 3.04. The van der Waals surface area contributed by atoms with E-state index < -0.39 is 0 Å². The molecule has 0 unspecified atom stereocenters. The third kappa shape index (κ3) is 7.83. The van der Waals surface area contributed by atoms with Crippen molar-refractivity contribution in [3.63, 3.8) is 0 Å². The molecule has 2 aromatic carbocycles. The van der Waals surface area contributed by atoms with Crippen LogP contribution in [0.4, 0.5) is 11.4 Å². The van der Waals surface area contributed by atoms with Crippen molar-refractivity contribution in [3.8, 4) is 0 Å². The zero-order valence-electron chi connectivity index (χ0n) is 18.8. The first-order chi connectivity index (χ1) is 14.9. The highest BCUT2D eigenvalue weighted by atomic mass is 127. The van der Waals surface area contributed by atoms with Crippen LogP contribution in [-0.4, -0.2) is 75.5 Å². The Morgan fingerprint density at radius 3 is 2.47 bits per heavy atom. The number of aliphatic imine (C=N–C) groups is 1. The van der Waals surface area contributed by atoms with Gasteiger partial charge in [-0.1, -0.05) is 29.8 Å². The van der Waals surface area contributed by atoms with Crippen LogP contribution in [0.1, 0.15) is 5.56 Å². The van der Waals surface area contributed by atoms with Crippen LogP contribution >= 0.6 is 35.6 Å². The number of nitrogens with one attached hydrogen (secondary N) is 2. The van der Waals surface area contributed by atoms with Gasteiger partial charge in [0, 0.05) is 56.2 Å². The molecule has 1 aliphatic heterocycles. The highest BCUT2D eigenvalue weighted by Crippen LogP contribution is 2.21. The Kier molecular flexibility index (Phi) is 10.5. The number of hydrogen-bond acceptors (Lipinski definition) is 4. The lowest BCUT2D eigenvalue weighted by molar-refractivity contribution is -0.116. The predicted octanol–water partition coefficient (Wildman–Crippen LogP) is 3.36. The first-order valence-corrected chi connectivity index (χ1v) is 10.8. The zero-order chi connectivity index (χ0) is 22.2. The summed E-state index contributed by atoms with van der Waals surface area (Å²) >= 11 is 6.13. The second-order valence-corrected chi connectivity index (χ2v) is 8.28. The van der Waals surface area contributed by atoms with Gasteiger partial charge in [0.05, 0.1) is 6.54 Å². The van der Waals surface area contributed by atoms with E-state index in [2.05, 4.69) is 31.5 Å². The van der Waals surface area contributed by atoms with E-state index >= 15 is 0 Å². The van der Waals surface area contributed by atoms with Gasteiger partial charge in [-0.05, 0) is 50.0 Å². The number of guanidine groups is 1. The average Bonchev–Trinajstić information content (AvgIpc) is 2.74. The van der Waals surface area contributed by atoms with Crippen LogP contribution in [0, 0.1) is 0 Å². The lowest BCUT2D eigenvalue weighted by Crippen LogP contribution is -2.52. The number of rotatable bonds is 6. The Bertz CT molecular complexity index is 915. The van der Waals surface area contributed by atoms with E-state index in [0.717, 1.165) is 54.1 Å². The Morgan fingerprint density at radius 2 is 1.81 bits per heavy atom. The smallest absolute Gasteiger partial charge is 0.238 e. The number of anilines is 2. The molecule has 2 N–H and O–H groups in total. The molecule has 9 heteroatoms. The quantitative estimate of drug-likeness (QED) is 0.317. The highest BCUT2D eigenvalue weighted by Gasteiger charge is 2.20. The van der Waals surface area contributed by atoms with Gasteiger partial charge >= 0.3 is 0 Å². The maximum absolute atomic E-state index is 12.0. The number of likely N-dealkylation sites (N-methyl/N-ethyl adjacent to an activating group) is 1. The molecule has 174 valence electrons. The topological polar surface area (TPSA) is 63.2 Å². The predicted molar refractivity (Wildman–Crippen MR) is 144 cm³/mol. The van der Waals surface area contributed by atoms with Crippen LogP contribution in [0.5, 0.6) is 0 Å². The van der Waals surface area contributed by atoms with E-state index in [-0.39, 0.29) is 29.9 Å². The number of nitrogens with zero attached hydrogens (tertiary/aromatic N) is 4. The van der Waals surface area contributed by atoms with Crippen LogP contribution in [-0.2, 0) is 11.3 Å². The lowest BCUT2D eigenvalue weighted by Gasteiger charge is -2.37. The van der Waals surface area contributed by atoms with E-state index in [1.54, 1.807) is 0 Å². The van der Waals surface area contributed by atoms with Crippen LogP contribution in [0.2, 0.25) is 5.02 Å². The molecule has 32 heavy (non-hydrogen) atoms. The molecule has 3 rings (SSSR count). The molecule has 2 aromatic rings. The number of halogens is 2. The van der Waals surface area contributed by atoms with Gasteiger partial charge in [-0.15, -0.1) is 24.0 Å². The first kappa shape index (κ1) is 26.2. The molecular formula is C23H32ClIN6O. The molecule has 0 radical (unpaired) electrons. The summed E-state index contributed by atoms with van der Waals surface area (Å²) in [5.74, 6) is 0.858. The van der Waals surface area contributed by atoms with Gasteiger partial charge in [0.2, 0.25) is 5.91 Å². The van der Waals surface area contributed by atoms with Gasteiger partial charge in [-0.2, -0.15) is 0 Å². The second kappa shape index (κ2) is 12.9. The highest BCUT2D eigenvalue weighted by molar-refractivity contribution is 14.0. The van der Waals surface area contributed by atoms with Gasteiger partial charge in [0.25, 0.3) is 0 Å². The summed E-state index contributed by atoms with van der Waals surface area (Å²) in [6.45, 7) is 4.58. The van der Waals surface area contributed by atoms with Crippen LogP contribution in [0.3, 0.4) is 0 Å². The Labute approximate surface area is 212 Å². The summed E-state index contributed by atoms with van der Waals surface area (Å²) in [4.78, 5) is 22.9. The molecule has 1 saturated heterocycles. The summed E-state index contributed by atoms with van der Waals surface area (Å²) in [7, 11) is 5.56. The SMILES string of the molecule is CN=C(NCc1cccc(NC(=O)CN(C)C)c1)N1CCN(c2cccc(Cl)c2)CC1.I. The largest absolute Gasteiger partial charge is 0.368 e. The van der Waals surface area contributed by atoms with E-state index in [4.69, 9.17) is 11.6 Å². The van der Waals surface area contributed by atoms with Crippen molar-refractivity contribution in [2.24, 2.45) is 4.99 Å². The molecule has 1 amide bonds. The molecular weight excluding hydrogens is 539 g/mol. The van der Waals surface area contributed by atoms with Gasteiger partial charge in [-0.3, -0.25) is 9.79 Å². The van der Waals surface area contributed by atoms with Crippen molar-refractivity contribution >= 4 is 58.8 Å². The number of carbonyl (C=O) groups excluding carboxylic acids is 1. The van der Waals surface area contributed by atoms with Crippen molar-refractivity contribution in [1.82, 2.24) is 15.1 Å². The zero-order valence-corrected chi connectivity index (χ0v) is 21.9. The summed E-state index contributed by atoms with van der Waals surface area (Å²) in [6.07, 6.45) is 0. The van der Waals surface area contributed by atoms with Gasteiger partial charge in [0.1, 0.15) is 0 Å². The van der Waals surface area contributed by atoms with Crippen molar-refractivity contribution in [1.29, 1.82) is 0 Å². The Balaban J connectivity index is 0.00000363. The molecule has 1 heterocycles. The van der Waals surface area contributed by atoms with Gasteiger partial charge in [-0.25, -0.2) is 0 Å². The third-order valence-corrected chi connectivity index (χ3v) is 5.32. The Morgan fingerprint density at radius 1 is 1.09 bits per heavy atom. The molecule has 0 aliphatic carbocycles. The normalized spacial score (nSPS) is 14.2. The summed E-state index contributed by atoms with van der Waals surface area (Å²) in [6, 6.07) is 15.9. The standard InChI is InChI=1S/C23H31ClN6O.HI/c1-25-23(30-12-10-29(11-13-30)21-9-5-7-19(24)15-21)26-16-18-6-4-8-20(14-18)27-22(31)17-28(2)3;/h4-9,14-15H,10-13,16-17H2,1-3H3,(H,25,26)(H,27,31);1H. The first-order valence-electron chi connectivity index (χ1n) is 10.4. The molecule has 1 aliphatic rings. The molecule has 7 nitrogen and oxygen atoms in total. The molecule has 0 bridgehead atoms. The van der Waals surface area contributed by atoms with E-state index in [1.807, 2.05) is 68.5 Å². The minimum Gasteiger partial charge on any atom is -0.368 e. The van der Waals surface area contributed by atoms with Crippen molar-refractivity contribution in [2.45, 2.75) is 6.54 Å². The van der Waals surface area contributed by atoms with E-state index in [1.165, 1.54) is 0 Å². The fourth-order valence-corrected chi connectivity index (χ4v) is 3.79. The number of carbonyl (C=O) groups is 1. The van der Waals surface area contributed by atoms with Crippen LogP contribution in [0.25, 0.3) is 0 Å². The third-order valence-electron chi connectivity index (χ3n) is 5.09. The fourth-order valence-electron chi connectivity index (χ4n) is 3.61. The van der Waals surface area contributed by atoms with Gasteiger partial charge < -0.3 is 25.3 Å².